The van der Waals surface area contributed by atoms with Crippen LogP contribution < -0.4 is 5.30 Å². The van der Waals surface area contributed by atoms with Crippen LogP contribution >= 0.6 is 19.2 Å². The number of hydrogen-bond donors (Lipinski definition) is 1. The summed E-state index contributed by atoms with van der Waals surface area (Å²) in [5.74, 6) is 0.233. The number of rotatable bonds is 3. The Morgan fingerprint density at radius 1 is 1.53 bits per heavy atom. The van der Waals surface area contributed by atoms with E-state index in [-0.39, 0.29) is 19.0 Å². The van der Waals surface area contributed by atoms with E-state index in [1.807, 2.05) is 0 Å². The van der Waals surface area contributed by atoms with Crippen LogP contribution in [-0.4, -0.2) is 18.3 Å². The Labute approximate surface area is 104 Å². The van der Waals surface area contributed by atoms with Gasteiger partial charge in [-0.05, 0) is 30.7 Å². The quantitative estimate of drug-likeness (QED) is 0.861. The zero-order chi connectivity index (χ0) is 12.5. The number of fused-ring (bicyclic) bond motifs is 1. The highest BCUT2D eigenvalue weighted by Gasteiger charge is 2.35. The minimum atomic E-state index is -3.42. The van der Waals surface area contributed by atoms with E-state index >= 15 is 0 Å². The molecule has 4 nitrogen and oxygen atoms in total. The van der Waals surface area contributed by atoms with Crippen molar-refractivity contribution in [3.8, 4) is 0 Å². The van der Waals surface area contributed by atoms with Crippen LogP contribution in [0.25, 0.3) is 6.08 Å². The second-order valence-electron chi connectivity index (χ2n) is 3.48. The molecule has 1 aromatic rings. The zero-order valence-corrected chi connectivity index (χ0v) is 10.9. The summed E-state index contributed by atoms with van der Waals surface area (Å²) in [5.41, 5.74) is 0.696. The van der Waals surface area contributed by atoms with Crippen molar-refractivity contribution in [2.75, 3.05) is 13.2 Å². The minimum absolute atomic E-state index is 0.233. The lowest BCUT2D eigenvalue weighted by Gasteiger charge is -2.25. The predicted octanol–water partition coefficient (Wildman–Crippen LogP) is 2.56. The number of halogens is 1. The Hall–Kier alpha value is -0.800. The van der Waals surface area contributed by atoms with Crippen LogP contribution in [0.1, 0.15) is 12.5 Å². The fourth-order valence-electron chi connectivity index (χ4n) is 1.62. The van der Waals surface area contributed by atoms with Crippen molar-refractivity contribution in [2.45, 2.75) is 6.92 Å². The van der Waals surface area contributed by atoms with Gasteiger partial charge >= 0.3 is 7.60 Å². The summed E-state index contributed by atoms with van der Waals surface area (Å²) in [6.07, 6.45) is 1.63. The first-order valence-corrected chi connectivity index (χ1v) is 7.07. The van der Waals surface area contributed by atoms with Gasteiger partial charge in [-0.25, -0.2) is 4.57 Å². The van der Waals surface area contributed by atoms with Gasteiger partial charge in [0.25, 0.3) is 0 Å². The van der Waals surface area contributed by atoms with E-state index in [9.17, 15) is 4.57 Å². The van der Waals surface area contributed by atoms with Crippen LogP contribution in [0.15, 0.2) is 24.0 Å². The van der Waals surface area contributed by atoms with Gasteiger partial charge in [-0.1, -0.05) is 17.7 Å². The van der Waals surface area contributed by atoms with E-state index in [4.69, 9.17) is 25.8 Å². The molecule has 0 aliphatic carbocycles. The maximum atomic E-state index is 12.5. The van der Waals surface area contributed by atoms with Gasteiger partial charge in [0.05, 0.1) is 11.9 Å². The van der Waals surface area contributed by atoms with Crippen molar-refractivity contribution < 1.29 is 18.7 Å². The van der Waals surface area contributed by atoms with Crippen molar-refractivity contribution in [3.05, 3.63) is 34.5 Å². The molecule has 1 aliphatic rings. The second-order valence-corrected chi connectivity index (χ2v) is 5.83. The van der Waals surface area contributed by atoms with Crippen LogP contribution in [-0.2, 0) is 13.6 Å². The summed E-state index contributed by atoms with van der Waals surface area (Å²) in [6, 6.07) is 4.98. The standard InChI is InChI=1S/C11H12ClO4P/c1-2-15-17(14)11-6-9(12)4-3-8(11)5-10(7-13)16-17/h3-6,13H,2,7H2,1H3. The molecule has 92 valence electrons. The molecule has 0 radical (unpaired) electrons. The number of aliphatic hydroxyl groups excluding tert-OH is 1. The molecule has 0 saturated heterocycles. The van der Waals surface area contributed by atoms with Crippen LogP contribution in [0.2, 0.25) is 5.02 Å². The maximum Gasteiger partial charge on any atom is 0.411 e. The molecule has 0 amide bonds. The van der Waals surface area contributed by atoms with Crippen molar-refractivity contribution >= 4 is 30.6 Å². The van der Waals surface area contributed by atoms with E-state index in [1.165, 1.54) is 0 Å². The Bertz CT molecular complexity index is 512. The summed E-state index contributed by atoms with van der Waals surface area (Å²) in [4.78, 5) is 0. The predicted molar refractivity (Wildman–Crippen MR) is 66.5 cm³/mol. The largest absolute Gasteiger partial charge is 0.423 e. The highest BCUT2D eigenvalue weighted by Crippen LogP contribution is 2.52. The third-order valence-corrected chi connectivity index (χ3v) is 4.58. The Morgan fingerprint density at radius 2 is 2.29 bits per heavy atom. The van der Waals surface area contributed by atoms with Gasteiger partial charge in [-0.15, -0.1) is 0 Å². The summed E-state index contributed by atoms with van der Waals surface area (Å²) in [7, 11) is -3.42. The Balaban J connectivity index is 2.57. The molecule has 0 bridgehead atoms. The number of aliphatic hydroxyl groups is 1. The third-order valence-electron chi connectivity index (χ3n) is 2.30. The summed E-state index contributed by atoms with van der Waals surface area (Å²) < 4.78 is 23.0. The van der Waals surface area contributed by atoms with Crippen molar-refractivity contribution in [2.24, 2.45) is 0 Å². The first kappa shape index (κ1) is 12.7. The van der Waals surface area contributed by atoms with Crippen LogP contribution in [0, 0.1) is 0 Å². The maximum absolute atomic E-state index is 12.5. The molecule has 1 aromatic carbocycles. The molecule has 6 heteroatoms. The normalized spacial score (nSPS) is 22.6. The molecule has 1 N–H and O–H groups in total. The number of hydrogen-bond acceptors (Lipinski definition) is 4. The summed E-state index contributed by atoms with van der Waals surface area (Å²) >= 11 is 5.87. The summed E-state index contributed by atoms with van der Waals surface area (Å²) in [6.45, 7) is 1.66. The Kier molecular flexibility index (Phi) is 3.59. The average Bonchev–Trinajstić information content (AvgIpc) is 2.30. The monoisotopic (exact) mass is 274 g/mol. The van der Waals surface area contributed by atoms with Crippen molar-refractivity contribution in [3.63, 3.8) is 0 Å². The molecule has 0 fully saturated rings. The molecule has 0 aromatic heterocycles. The zero-order valence-electron chi connectivity index (χ0n) is 9.22. The van der Waals surface area contributed by atoms with E-state index in [0.717, 1.165) is 0 Å². The lowest BCUT2D eigenvalue weighted by atomic mass is 10.2. The fraction of sp³-hybridized carbons (Fsp3) is 0.273. The number of benzene rings is 1. The molecule has 1 aliphatic heterocycles. The lowest BCUT2D eigenvalue weighted by molar-refractivity contribution is 0.221. The average molecular weight is 275 g/mol. The molecule has 1 atom stereocenters. The molecule has 17 heavy (non-hydrogen) atoms. The molecule has 2 rings (SSSR count). The van der Waals surface area contributed by atoms with E-state index in [2.05, 4.69) is 0 Å². The van der Waals surface area contributed by atoms with Crippen molar-refractivity contribution in [1.82, 2.24) is 0 Å². The topological polar surface area (TPSA) is 55.8 Å². The molecular formula is C11H12ClO4P. The van der Waals surface area contributed by atoms with Gasteiger partial charge in [-0.3, -0.25) is 4.52 Å². The lowest BCUT2D eigenvalue weighted by Crippen LogP contribution is -2.18. The van der Waals surface area contributed by atoms with Crippen molar-refractivity contribution in [1.29, 1.82) is 0 Å². The van der Waals surface area contributed by atoms with Gasteiger partial charge in [0.1, 0.15) is 12.4 Å². The molecule has 1 heterocycles. The van der Waals surface area contributed by atoms with Gasteiger partial charge in [0, 0.05) is 5.02 Å². The van der Waals surface area contributed by atoms with Crippen LogP contribution in [0.5, 0.6) is 0 Å². The van der Waals surface area contributed by atoms with E-state index in [0.29, 0.717) is 15.9 Å². The summed E-state index contributed by atoms with van der Waals surface area (Å²) in [5, 5.41) is 9.98. The van der Waals surface area contributed by atoms with E-state index < -0.39 is 7.60 Å². The van der Waals surface area contributed by atoms with Gasteiger partial charge < -0.3 is 9.63 Å². The van der Waals surface area contributed by atoms with Gasteiger partial charge in [0.2, 0.25) is 0 Å². The van der Waals surface area contributed by atoms with Gasteiger partial charge in [-0.2, -0.15) is 0 Å². The van der Waals surface area contributed by atoms with E-state index in [1.54, 1.807) is 31.2 Å². The smallest absolute Gasteiger partial charge is 0.411 e. The molecule has 0 spiro atoms. The van der Waals surface area contributed by atoms with Crippen LogP contribution in [0.3, 0.4) is 0 Å². The second kappa shape index (κ2) is 4.83. The highest BCUT2D eigenvalue weighted by molar-refractivity contribution is 7.62. The third kappa shape index (κ3) is 2.40. The molecule has 0 saturated carbocycles. The molecule has 1 unspecified atom stereocenters. The first-order valence-electron chi connectivity index (χ1n) is 5.15. The van der Waals surface area contributed by atoms with Crippen LogP contribution in [0.4, 0.5) is 0 Å². The minimum Gasteiger partial charge on any atom is -0.423 e. The fourth-order valence-corrected chi connectivity index (χ4v) is 3.67. The van der Waals surface area contributed by atoms with Gasteiger partial charge in [0.15, 0.2) is 0 Å². The Morgan fingerprint density at radius 3 is 2.94 bits per heavy atom. The SMILES string of the molecule is CCOP1(=O)OC(CO)=Cc2ccc(Cl)cc21. The molecular weight excluding hydrogens is 263 g/mol. The first-order chi connectivity index (χ1) is 8.09. The highest BCUT2D eigenvalue weighted by atomic mass is 35.5.